The molecule has 3 amide bonds. The molecular weight excluding hydrogens is 361 g/mol. The van der Waals surface area contributed by atoms with Crippen LogP contribution in [0.15, 0.2) is 42.5 Å². The number of nitrogens with zero attached hydrogens (tertiary/aromatic N) is 1. The second kappa shape index (κ2) is 7.76. The van der Waals surface area contributed by atoms with Crippen LogP contribution in [-0.2, 0) is 11.2 Å². The standard InChI is InChI=1S/C18H17Cl2N3O2/c19-15-6-1-3-12(17(15)20)7-8-16(24)22-13-4-2-5-14(11-13)23-10-9-21-18(23)25/h1-6,11H,7-10H2,(H,21,25)(H,22,24). The van der Waals surface area contributed by atoms with E-state index in [0.29, 0.717) is 35.2 Å². The van der Waals surface area contributed by atoms with E-state index in [-0.39, 0.29) is 18.4 Å². The molecule has 2 N–H and O–H groups in total. The van der Waals surface area contributed by atoms with E-state index in [0.717, 1.165) is 11.3 Å². The number of amides is 3. The van der Waals surface area contributed by atoms with Gasteiger partial charge in [-0.15, -0.1) is 0 Å². The molecule has 25 heavy (non-hydrogen) atoms. The van der Waals surface area contributed by atoms with Gasteiger partial charge in [-0.25, -0.2) is 4.79 Å². The molecule has 2 aromatic carbocycles. The summed E-state index contributed by atoms with van der Waals surface area (Å²) < 4.78 is 0. The van der Waals surface area contributed by atoms with Gasteiger partial charge in [-0.1, -0.05) is 41.4 Å². The lowest BCUT2D eigenvalue weighted by atomic mass is 10.1. The second-order valence-corrected chi connectivity index (χ2v) is 6.48. The van der Waals surface area contributed by atoms with Crippen LogP contribution in [0.5, 0.6) is 0 Å². The SMILES string of the molecule is O=C(CCc1cccc(Cl)c1Cl)Nc1cccc(N2CCNC2=O)c1. The summed E-state index contributed by atoms with van der Waals surface area (Å²) in [5.41, 5.74) is 2.25. The number of aryl methyl sites for hydroxylation is 1. The molecule has 0 unspecified atom stereocenters. The third-order valence-electron chi connectivity index (χ3n) is 3.95. The van der Waals surface area contributed by atoms with Gasteiger partial charge in [-0.2, -0.15) is 0 Å². The quantitative estimate of drug-likeness (QED) is 0.823. The Morgan fingerprint density at radius 1 is 1.20 bits per heavy atom. The van der Waals surface area contributed by atoms with Crippen LogP contribution in [0, 0.1) is 0 Å². The van der Waals surface area contributed by atoms with E-state index in [2.05, 4.69) is 10.6 Å². The van der Waals surface area contributed by atoms with Gasteiger partial charge in [0.15, 0.2) is 0 Å². The molecule has 130 valence electrons. The molecule has 0 spiro atoms. The van der Waals surface area contributed by atoms with Gasteiger partial charge in [0.1, 0.15) is 0 Å². The highest BCUT2D eigenvalue weighted by Crippen LogP contribution is 2.26. The van der Waals surface area contributed by atoms with Crippen molar-refractivity contribution in [3.8, 4) is 0 Å². The number of nitrogens with one attached hydrogen (secondary N) is 2. The summed E-state index contributed by atoms with van der Waals surface area (Å²) in [5.74, 6) is -0.126. The zero-order valence-electron chi connectivity index (χ0n) is 13.4. The molecule has 3 rings (SSSR count). The lowest BCUT2D eigenvalue weighted by Crippen LogP contribution is -2.27. The second-order valence-electron chi connectivity index (χ2n) is 5.70. The van der Waals surface area contributed by atoms with E-state index >= 15 is 0 Å². The third-order valence-corrected chi connectivity index (χ3v) is 4.81. The van der Waals surface area contributed by atoms with E-state index < -0.39 is 0 Å². The van der Waals surface area contributed by atoms with Crippen molar-refractivity contribution in [2.75, 3.05) is 23.3 Å². The third kappa shape index (κ3) is 4.24. The highest BCUT2D eigenvalue weighted by molar-refractivity contribution is 6.42. The fraction of sp³-hybridized carbons (Fsp3) is 0.222. The Bertz CT molecular complexity index is 811. The van der Waals surface area contributed by atoms with E-state index in [4.69, 9.17) is 23.2 Å². The van der Waals surface area contributed by atoms with E-state index in [9.17, 15) is 9.59 Å². The number of hydrogen-bond donors (Lipinski definition) is 2. The zero-order valence-corrected chi connectivity index (χ0v) is 14.9. The Morgan fingerprint density at radius 2 is 2.00 bits per heavy atom. The molecule has 0 atom stereocenters. The first kappa shape index (κ1) is 17.6. The summed E-state index contributed by atoms with van der Waals surface area (Å²) in [7, 11) is 0. The maximum absolute atomic E-state index is 12.2. The summed E-state index contributed by atoms with van der Waals surface area (Å²) >= 11 is 12.1. The van der Waals surface area contributed by atoms with E-state index in [1.165, 1.54) is 0 Å². The van der Waals surface area contributed by atoms with Crippen molar-refractivity contribution < 1.29 is 9.59 Å². The number of hydrogen-bond acceptors (Lipinski definition) is 2. The van der Waals surface area contributed by atoms with Crippen molar-refractivity contribution in [2.45, 2.75) is 12.8 Å². The first-order valence-corrected chi connectivity index (χ1v) is 8.68. The topological polar surface area (TPSA) is 61.4 Å². The van der Waals surface area contributed by atoms with E-state index in [1.807, 2.05) is 24.3 Å². The molecule has 0 aromatic heterocycles. The van der Waals surface area contributed by atoms with Gasteiger partial charge in [-0.3, -0.25) is 9.69 Å². The zero-order chi connectivity index (χ0) is 17.8. The van der Waals surface area contributed by atoms with Gasteiger partial charge >= 0.3 is 6.03 Å². The van der Waals surface area contributed by atoms with Crippen LogP contribution < -0.4 is 15.5 Å². The minimum atomic E-state index is -0.126. The molecule has 0 radical (unpaired) electrons. The predicted octanol–water partition coefficient (Wildman–Crippen LogP) is 4.09. The van der Waals surface area contributed by atoms with Crippen LogP contribution >= 0.6 is 23.2 Å². The number of urea groups is 1. The van der Waals surface area contributed by atoms with Gasteiger partial charge in [0, 0.05) is 30.9 Å². The summed E-state index contributed by atoms with van der Waals surface area (Å²) in [6, 6.07) is 12.5. The van der Waals surface area contributed by atoms with Crippen LogP contribution in [0.4, 0.5) is 16.2 Å². The first-order chi connectivity index (χ1) is 12.0. The molecule has 1 saturated heterocycles. The average Bonchev–Trinajstić information content (AvgIpc) is 3.02. The van der Waals surface area contributed by atoms with Crippen LogP contribution in [0.25, 0.3) is 0 Å². The molecule has 2 aromatic rings. The molecule has 0 aliphatic carbocycles. The van der Waals surface area contributed by atoms with Crippen LogP contribution in [0.3, 0.4) is 0 Å². The monoisotopic (exact) mass is 377 g/mol. The minimum absolute atomic E-state index is 0.126. The summed E-state index contributed by atoms with van der Waals surface area (Å²) in [4.78, 5) is 25.6. The lowest BCUT2D eigenvalue weighted by molar-refractivity contribution is -0.116. The highest BCUT2D eigenvalue weighted by atomic mass is 35.5. The van der Waals surface area contributed by atoms with E-state index in [1.54, 1.807) is 23.1 Å². The van der Waals surface area contributed by atoms with Crippen molar-refractivity contribution in [3.05, 3.63) is 58.1 Å². The summed E-state index contributed by atoms with van der Waals surface area (Å²) in [5, 5.41) is 6.57. The predicted molar refractivity (Wildman–Crippen MR) is 101 cm³/mol. The molecule has 7 heteroatoms. The van der Waals surface area contributed by atoms with Crippen molar-refractivity contribution in [1.82, 2.24) is 5.32 Å². The van der Waals surface area contributed by atoms with Gasteiger partial charge < -0.3 is 10.6 Å². The number of benzene rings is 2. The number of anilines is 2. The molecule has 1 aliphatic rings. The van der Waals surface area contributed by atoms with Gasteiger partial charge in [0.05, 0.1) is 10.0 Å². The Morgan fingerprint density at radius 3 is 2.76 bits per heavy atom. The molecular formula is C18H17Cl2N3O2. The first-order valence-electron chi connectivity index (χ1n) is 7.93. The Hall–Kier alpha value is -2.24. The largest absolute Gasteiger partial charge is 0.336 e. The molecule has 1 fully saturated rings. The Kier molecular flexibility index (Phi) is 5.46. The number of carbonyl (C=O) groups excluding carboxylic acids is 2. The highest BCUT2D eigenvalue weighted by Gasteiger charge is 2.21. The average molecular weight is 378 g/mol. The molecule has 0 bridgehead atoms. The van der Waals surface area contributed by atoms with Crippen LogP contribution in [0.2, 0.25) is 10.0 Å². The van der Waals surface area contributed by atoms with Crippen LogP contribution in [-0.4, -0.2) is 25.0 Å². The Labute approximate surface area is 155 Å². The molecule has 5 nitrogen and oxygen atoms in total. The smallest absolute Gasteiger partial charge is 0.321 e. The number of halogens is 2. The maximum atomic E-state index is 12.2. The summed E-state index contributed by atoms with van der Waals surface area (Å²) in [6.45, 7) is 1.24. The maximum Gasteiger partial charge on any atom is 0.321 e. The van der Waals surface area contributed by atoms with Crippen molar-refractivity contribution in [3.63, 3.8) is 0 Å². The van der Waals surface area contributed by atoms with Crippen LogP contribution in [0.1, 0.15) is 12.0 Å². The number of carbonyl (C=O) groups is 2. The lowest BCUT2D eigenvalue weighted by Gasteiger charge is -2.15. The van der Waals surface area contributed by atoms with Crippen molar-refractivity contribution in [2.24, 2.45) is 0 Å². The normalized spacial score (nSPS) is 13.7. The van der Waals surface area contributed by atoms with Gasteiger partial charge in [0.25, 0.3) is 0 Å². The minimum Gasteiger partial charge on any atom is -0.336 e. The van der Waals surface area contributed by atoms with Crippen molar-refractivity contribution >= 4 is 46.5 Å². The van der Waals surface area contributed by atoms with Gasteiger partial charge in [-0.05, 0) is 36.2 Å². The molecule has 1 aliphatic heterocycles. The molecule has 1 heterocycles. The summed E-state index contributed by atoms with van der Waals surface area (Å²) in [6.07, 6.45) is 0.786. The fourth-order valence-electron chi connectivity index (χ4n) is 2.68. The Balaban J connectivity index is 1.61. The van der Waals surface area contributed by atoms with Crippen molar-refractivity contribution in [1.29, 1.82) is 0 Å². The fourth-order valence-corrected chi connectivity index (χ4v) is 3.10. The molecule has 0 saturated carbocycles. The number of rotatable bonds is 5. The van der Waals surface area contributed by atoms with Gasteiger partial charge in [0.2, 0.25) is 5.91 Å².